The Labute approximate surface area is 84.6 Å². The maximum absolute atomic E-state index is 13.3. The van der Waals surface area contributed by atoms with Crippen LogP contribution in [-0.4, -0.2) is 5.11 Å². The maximum atomic E-state index is 13.3. The zero-order chi connectivity index (χ0) is 10.9. The van der Waals surface area contributed by atoms with Crippen LogP contribution in [0.5, 0.6) is 5.75 Å². The van der Waals surface area contributed by atoms with E-state index in [4.69, 9.17) is 0 Å². The lowest BCUT2D eigenvalue weighted by Gasteiger charge is -2.24. The molecule has 0 spiro atoms. The van der Waals surface area contributed by atoms with Crippen molar-refractivity contribution in [1.82, 2.24) is 0 Å². The van der Waals surface area contributed by atoms with Gasteiger partial charge >= 0.3 is 0 Å². The van der Waals surface area contributed by atoms with Crippen molar-refractivity contribution >= 4 is 0 Å². The number of phenolic OH excluding ortho intramolecular Hbond substituents is 1. The van der Waals surface area contributed by atoms with Crippen molar-refractivity contribution in [1.29, 1.82) is 0 Å². The third-order valence-corrected chi connectivity index (χ3v) is 2.82. The molecular formula is C12H17FO. The van der Waals surface area contributed by atoms with Gasteiger partial charge in [-0.25, -0.2) is 4.39 Å². The molecule has 0 radical (unpaired) electrons. The number of aromatic hydroxyl groups is 1. The van der Waals surface area contributed by atoms with Gasteiger partial charge in [0, 0.05) is 5.56 Å². The van der Waals surface area contributed by atoms with E-state index < -0.39 is 5.82 Å². The molecule has 1 aromatic rings. The summed E-state index contributed by atoms with van der Waals surface area (Å²) in [5.41, 5.74) is 1.35. The van der Waals surface area contributed by atoms with Gasteiger partial charge in [-0.05, 0) is 30.4 Å². The van der Waals surface area contributed by atoms with E-state index in [1.807, 2.05) is 33.8 Å². The van der Waals surface area contributed by atoms with Gasteiger partial charge in [0.25, 0.3) is 0 Å². The third kappa shape index (κ3) is 1.89. The van der Waals surface area contributed by atoms with Gasteiger partial charge in [-0.3, -0.25) is 0 Å². The van der Waals surface area contributed by atoms with Crippen LogP contribution in [0.3, 0.4) is 0 Å². The molecule has 14 heavy (non-hydrogen) atoms. The summed E-state index contributed by atoms with van der Waals surface area (Å²) in [6, 6.07) is 3.20. The second-order valence-corrected chi connectivity index (χ2v) is 4.38. The SMILES string of the molecule is CCC(C)(C)c1cc(C)cc(F)c1O. The van der Waals surface area contributed by atoms with E-state index in [2.05, 4.69) is 0 Å². The molecule has 0 aliphatic carbocycles. The number of hydrogen-bond donors (Lipinski definition) is 1. The number of hydrogen-bond acceptors (Lipinski definition) is 1. The smallest absolute Gasteiger partial charge is 0.165 e. The topological polar surface area (TPSA) is 20.2 Å². The third-order valence-electron chi connectivity index (χ3n) is 2.82. The number of benzene rings is 1. The van der Waals surface area contributed by atoms with Crippen LogP contribution >= 0.6 is 0 Å². The number of phenols is 1. The molecule has 0 aliphatic heterocycles. The van der Waals surface area contributed by atoms with E-state index in [1.54, 1.807) is 0 Å². The molecule has 1 nitrogen and oxygen atoms in total. The minimum atomic E-state index is -0.526. The first kappa shape index (κ1) is 11.0. The molecule has 0 unspecified atom stereocenters. The molecule has 1 rings (SSSR count). The summed E-state index contributed by atoms with van der Waals surface area (Å²) in [6.45, 7) is 7.86. The summed E-state index contributed by atoms with van der Waals surface area (Å²) in [4.78, 5) is 0. The van der Waals surface area contributed by atoms with Gasteiger partial charge < -0.3 is 5.11 Å². The van der Waals surface area contributed by atoms with Crippen molar-refractivity contribution in [2.45, 2.75) is 39.5 Å². The molecule has 2 heteroatoms. The van der Waals surface area contributed by atoms with E-state index in [-0.39, 0.29) is 11.2 Å². The summed E-state index contributed by atoms with van der Waals surface area (Å²) in [5.74, 6) is -0.732. The molecule has 0 saturated heterocycles. The lowest BCUT2D eigenvalue weighted by molar-refractivity contribution is 0.398. The second-order valence-electron chi connectivity index (χ2n) is 4.38. The van der Waals surface area contributed by atoms with E-state index in [0.29, 0.717) is 5.56 Å². The standard InChI is InChI=1S/C12H17FO/c1-5-12(3,4)9-6-8(2)7-10(13)11(9)14/h6-7,14H,5H2,1-4H3. The van der Waals surface area contributed by atoms with Crippen LogP contribution in [0.25, 0.3) is 0 Å². The minimum absolute atomic E-state index is 0.184. The molecule has 0 heterocycles. The predicted molar refractivity (Wildman–Crippen MR) is 56.1 cm³/mol. The molecule has 78 valence electrons. The Morgan fingerprint density at radius 3 is 2.43 bits per heavy atom. The van der Waals surface area contributed by atoms with Crippen LogP contribution in [0.15, 0.2) is 12.1 Å². The Hall–Kier alpha value is -1.05. The molecule has 0 saturated carbocycles. The summed E-state index contributed by atoms with van der Waals surface area (Å²) in [6.07, 6.45) is 0.865. The first-order valence-electron chi connectivity index (χ1n) is 4.88. The number of halogens is 1. The van der Waals surface area contributed by atoms with Crippen molar-refractivity contribution in [2.75, 3.05) is 0 Å². The summed E-state index contributed by atoms with van der Waals surface area (Å²) < 4.78 is 13.3. The van der Waals surface area contributed by atoms with Gasteiger partial charge in [0.2, 0.25) is 0 Å². The maximum Gasteiger partial charge on any atom is 0.165 e. The fraction of sp³-hybridized carbons (Fsp3) is 0.500. The zero-order valence-corrected chi connectivity index (χ0v) is 9.19. The highest BCUT2D eigenvalue weighted by Gasteiger charge is 2.23. The van der Waals surface area contributed by atoms with Crippen LogP contribution in [0, 0.1) is 12.7 Å². The molecular weight excluding hydrogens is 179 g/mol. The first-order valence-corrected chi connectivity index (χ1v) is 4.88. The van der Waals surface area contributed by atoms with E-state index in [9.17, 15) is 9.50 Å². The largest absolute Gasteiger partial charge is 0.505 e. The van der Waals surface area contributed by atoms with Crippen LogP contribution < -0.4 is 0 Å². The molecule has 0 atom stereocenters. The van der Waals surface area contributed by atoms with Gasteiger partial charge in [0.1, 0.15) is 0 Å². The average molecular weight is 196 g/mol. The van der Waals surface area contributed by atoms with Crippen LogP contribution in [0.1, 0.15) is 38.3 Å². The summed E-state index contributed by atoms with van der Waals surface area (Å²) in [7, 11) is 0. The molecule has 0 aromatic heterocycles. The monoisotopic (exact) mass is 196 g/mol. The molecule has 0 bridgehead atoms. The summed E-state index contributed by atoms with van der Waals surface area (Å²) >= 11 is 0. The summed E-state index contributed by atoms with van der Waals surface area (Å²) in [5, 5.41) is 9.61. The lowest BCUT2D eigenvalue weighted by atomic mass is 9.81. The Morgan fingerprint density at radius 2 is 1.93 bits per heavy atom. The quantitative estimate of drug-likeness (QED) is 0.767. The second kappa shape index (κ2) is 3.60. The first-order chi connectivity index (χ1) is 6.38. The van der Waals surface area contributed by atoms with Gasteiger partial charge in [-0.2, -0.15) is 0 Å². The number of aryl methyl sites for hydroxylation is 1. The molecule has 0 amide bonds. The van der Waals surface area contributed by atoms with E-state index in [1.165, 1.54) is 6.07 Å². The van der Waals surface area contributed by atoms with Crippen LogP contribution in [-0.2, 0) is 5.41 Å². The van der Waals surface area contributed by atoms with E-state index in [0.717, 1.165) is 12.0 Å². The Morgan fingerprint density at radius 1 is 1.36 bits per heavy atom. The fourth-order valence-electron chi connectivity index (χ4n) is 1.44. The van der Waals surface area contributed by atoms with Crippen molar-refractivity contribution in [3.63, 3.8) is 0 Å². The number of rotatable bonds is 2. The lowest BCUT2D eigenvalue weighted by Crippen LogP contribution is -2.16. The molecule has 0 aliphatic rings. The molecule has 1 N–H and O–H groups in total. The molecule has 1 aromatic carbocycles. The highest BCUT2D eigenvalue weighted by Crippen LogP contribution is 2.35. The van der Waals surface area contributed by atoms with Crippen molar-refractivity contribution < 1.29 is 9.50 Å². The van der Waals surface area contributed by atoms with Crippen molar-refractivity contribution in [3.05, 3.63) is 29.1 Å². The highest BCUT2D eigenvalue weighted by atomic mass is 19.1. The Bertz CT molecular complexity index is 342. The van der Waals surface area contributed by atoms with Gasteiger partial charge in [0.05, 0.1) is 0 Å². The van der Waals surface area contributed by atoms with Gasteiger partial charge in [0.15, 0.2) is 11.6 Å². The normalized spacial score (nSPS) is 11.8. The van der Waals surface area contributed by atoms with Crippen LogP contribution in [0.2, 0.25) is 0 Å². The fourth-order valence-corrected chi connectivity index (χ4v) is 1.44. The zero-order valence-electron chi connectivity index (χ0n) is 9.19. The van der Waals surface area contributed by atoms with Gasteiger partial charge in [-0.15, -0.1) is 0 Å². The van der Waals surface area contributed by atoms with Crippen molar-refractivity contribution in [2.24, 2.45) is 0 Å². The highest BCUT2D eigenvalue weighted by molar-refractivity contribution is 5.41. The minimum Gasteiger partial charge on any atom is -0.505 e. The Balaban J connectivity index is 3.34. The average Bonchev–Trinajstić information content (AvgIpc) is 2.11. The predicted octanol–water partition coefficient (Wildman–Crippen LogP) is 3.53. The van der Waals surface area contributed by atoms with Gasteiger partial charge in [-0.1, -0.05) is 26.8 Å². The molecule has 0 fully saturated rings. The van der Waals surface area contributed by atoms with Crippen LogP contribution in [0.4, 0.5) is 4.39 Å². The Kier molecular flexibility index (Phi) is 2.84. The van der Waals surface area contributed by atoms with Crippen molar-refractivity contribution in [3.8, 4) is 5.75 Å². The van der Waals surface area contributed by atoms with E-state index >= 15 is 0 Å².